The molecule has 90 valence electrons. The van der Waals surface area contributed by atoms with Crippen LogP contribution in [-0.4, -0.2) is 41.8 Å². The predicted molar refractivity (Wildman–Crippen MR) is 52.5 cm³/mol. The molecule has 5 heteroatoms. The van der Waals surface area contributed by atoms with Crippen LogP contribution in [0.25, 0.3) is 0 Å². The molecule has 0 amide bonds. The number of carbonyl (C=O) groups is 1. The number of aldehydes is 1. The summed E-state index contributed by atoms with van der Waals surface area (Å²) in [5.41, 5.74) is 0. The minimum Gasteiger partial charge on any atom is -0.387 e. The topological polar surface area (TPSA) is 65.0 Å². The Hall–Kier alpha value is -0.490. The predicted octanol–water partition coefficient (Wildman–Crippen LogP) is 0.347. The molecule has 1 N–H and O–H groups in total. The number of aliphatic hydroxyl groups is 1. The molecular weight excluding hydrogens is 212 g/mol. The van der Waals surface area contributed by atoms with Gasteiger partial charge in [-0.15, -0.1) is 0 Å². The Morgan fingerprint density at radius 3 is 2.56 bits per heavy atom. The lowest BCUT2D eigenvalue weighted by molar-refractivity contribution is -0.242. The number of rotatable bonds is 1. The third-order valence-corrected chi connectivity index (χ3v) is 3.66. The molecule has 1 spiro atoms. The van der Waals surface area contributed by atoms with E-state index in [-0.39, 0.29) is 0 Å². The molecule has 0 aromatic carbocycles. The molecule has 0 unspecified atom stereocenters. The molecule has 0 radical (unpaired) electrons. The number of aliphatic hydroxyl groups excluding tert-OH is 1. The van der Waals surface area contributed by atoms with E-state index in [2.05, 4.69) is 0 Å². The van der Waals surface area contributed by atoms with Gasteiger partial charge in [-0.1, -0.05) is 6.42 Å². The summed E-state index contributed by atoms with van der Waals surface area (Å²) >= 11 is 0. The first-order valence-corrected chi connectivity index (χ1v) is 5.89. The third-order valence-electron chi connectivity index (χ3n) is 3.66. The van der Waals surface area contributed by atoms with Crippen LogP contribution in [0.5, 0.6) is 0 Å². The van der Waals surface area contributed by atoms with E-state index in [0.29, 0.717) is 6.29 Å². The van der Waals surface area contributed by atoms with E-state index in [9.17, 15) is 9.90 Å². The van der Waals surface area contributed by atoms with Gasteiger partial charge in [0.25, 0.3) is 0 Å². The number of carbonyl (C=O) groups excluding carboxylic acids is 1. The number of fused-ring (bicyclic) bond motifs is 1. The van der Waals surface area contributed by atoms with E-state index in [4.69, 9.17) is 14.2 Å². The minimum absolute atomic E-state index is 0.506. The second-order valence-electron chi connectivity index (χ2n) is 4.77. The summed E-state index contributed by atoms with van der Waals surface area (Å²) in [7, 11) is 0. The van der Waals surface area contributed by atoms with Crippen molar-refractivity contribution in [3.05, 3.63) is 0 Å². The Morgan fingerprint density at radius 1 is 1.19 bits per heavy atom. The largest absolute Gasteiger partial charge is 0.387 e. The number of hydrogen-bond acceptors (Lipinski definition) is 5. The first-order valence-electron chi connectivity index (χ1n) is 5.89. The first-order chi connectivity index (χ1) is 7.74. The molecule has 0 aromatic heterocycles. The van der Waals surface area contributed by atoms with Gasteiger partial charge in [-0.25, -0.2) is 0 Å². The molecule has 4 atom stereocenters. The van der Waals surface area contributed by atoms with Gasteiger partial charge in [0, 0.05) is 12.8 Å². The fraction of sp³-hybridized carbons (Fsp3) is 0.909. The lowest BCUT2D eigenvalue weighted by Crippen LogP contribution is -2.39. The van der Waals surface area contributed by atoms with Gasteiger partial charge in [0.15, 0.2) is 18.4 Å². The highest BCUT2D eigenvalue weighted by Gasteiger charge is 2.57. The molecule has 16 heavy (non-hydrogen) atoms. The molecule has 3 fully saturated rings. The van der Waals surface area contributed by atoms with Gasteiger partial charge in [-0.05, 0) is 12.8 Å². The van der Waals surface area contributed by atoms with Crippen molar-refractivity contribution < 1.29 is 24.1 Å². The van der Waals surface area contributed by atoms with E-state index in [1.165, 1.54) is 6.42 Å². The molecule has 2 saturated heterocycles. The zero-order chi connectivity index (χ0) is 11.2. The molecule has 3 aliphatic rings. The average Bonchev–Trinajstić information content (AvgIpc) is 2.77. The molecular formula is C11H16O5. The Bertz CT molecular complexity index is 286. The first kappa shape index (κ1) is 10.7. The van der Waals surface area contributed by atoms with Crippen molar-refractivity contribution >= 4 is 6.29 Å². The van der Waals surface area contributed by atoms with Crippen LogP contribution >= 0.6 is 0 Å². The maximum absolute atomic E-state index is 10.6. The van der Waals surface area contributed by atoms with E-state index >= 15 is 0 Å². The summed E-state index contributed by atoms with van der Waals surface area (Å²) in [5, 5.41) is 9.81. The highest BCUT2D eigenvalue weighted by atomic mass is 16.8. The lowest BCUT2D eigenvalue weighted by atomic mass is 9.94. The second kappa shape index (κ2) is 3.77. The molecule has 0 aromatic rings. The highest BCUT2D eigenvalue weighted by molar-refractivity contribution is 5.58. The van der Waals surface area contributed by atoms with E-state index < -0.39 is 30.4 Å². The zero-order valence-corrected chi connectivity index (χ0v) is 9.00. The quantitative estimate of drug-likeness (QED) is 0.656. The van der Waals surface area contributed by atoms with Gasteiger partial charge in [-0.3, -0.25) is 0 Å². The van der Waals surface area contributed by atoms with Gasteiger partial charge < -0.3 is 24.1 Å². The Kier molecular flexibility index (Phi) is 2.51. The van der Waals surface area contributed by atoms with Gasteiger partial charge in [0.2, 0.25) is 0 Å². The Labute approximate surface area is 93.7 Å². The van der Waals surface area contributed by atoms with Gasteiger partial charge in [0.1, 0.15) is 18.3 Å². The van der Waals surface area contributed by atoms with Gasteiger partial charge >= 0.3 is 0 Å². The SMILES string of the molecule is O=C[C@H]1O[C@@H]2OC3(CCCCC3)O[C@@H]2[C@H]1O. The van der Waals surface area contributed by atoms with Crippen LogP contribution < -0.4 is 0 Å². The van der Waals surface area contributed by atoms with Crippen LogP contribution in [-0.2, 0) is 19.0 Å². The molecule has 2 heterocycles. The fourth-order valence-electron chi connectivity index (χ4n) is 2.81. The molecule has 2 aliphatic heterocycles. The van der Waals surface area contributed by atoms with Crippen molar-refractivity contribution in [2.75, 3.05) is 0 Å². The fourth-order valence-corrected chi connectivity index (χ4v) is 2.81. The number of ether oxygens (including phenoxy) is 3. The number of hydrogen-bond donors (Lipinski definition) is 1. The van der Waals surface area contributed by atoms with Gasteiger partial charge in [0.05, 0.1) is 0 Å². The van der Waals surface area contributed by atoms with Crippen LogP contribution in [0.15, 0.2) is 0 Å². The monoisotopic (exact) mass is 228 g/mol. The summed E-state index contributed by atoms with van der Waals surface area (Å²) in [6.45, 7) is 0. The van der Waals surface area contributed by atoms with Crippen LogP contribution in [0, 0.1) is 0 Å². The lowest BCUT2D eigenvalue weighted by Gasteiger charge is -2.32. The highest BCUT2D eigenvalue weighted by Crippen LogP contribution is 2.44. The van der Waals surface area contributed by atoms with Crippen LogP contribution in [0.4, 0.5) is 0 Å². The van der Waals surface area contributed by atoms with Crippen LogP contribution in [0.1, 0.15) is 32.1 Å². The normalized spacial score (nSPS) is 45.8. The average molecular weight is 228 g/mol. The summed E-state index contributed by atoms with van der Waals surface area (Å²) in [6, 6.07) is 0. The minimum atomic E-state index is -0.899. The zero-order valence-electron chi connectivity index (χ0n) is 9.00. The van der Waals surface area contributed by atoms with E-state index in [1.807, 2.05) is 0 Å². The van der Waals surface area contributed by atoms with Crippen molar-refractivity contribution in [2.45, 2.75) is 62.5 Å². The molecule has 1 saturated carbocycles. The maximum atomic E-state index is 10.6. The summed E-state index contributed by atoms with van der Waals surface area (Å²) in [5.74, 6) is -0.567. The maximum Gasteiger partial charge on any atom is 0.190 e. The van der Waals surface area contributed by atoms with Crippen LogP contribution in [0.2, 0.25) is 0 Å². The third kappa shape index (κ3) is 1.50. The van der Waals surface area contributed by atoms with Crippen molar-refractivity contribution in [3.8, 4) is 0 Å². The summed E-state index contributed by atoms with van der Waals surface area (Å²) in [6.07, 6.45) is 2.85. The summed E-state index contributed by atoms with van der Waals surface area (Å²) in [4.78, 5) is 10.6. The van der Waals surface area contributed by atoms with Crippen LogP contribution in [0.3, 0.4) is 0 Å². The molecule has 1 aliphatic carbocycles. The van der Waals surface area contributed by atoms with E-state index in [0.717, 1.165) is 25.7 Å². The van der Waals surface area contributed by atoms with Crippen molar-refractivity contribution in [1.82, 2.24) is 0 Å². The molecule has 3 rings (SSSR count). The standard InChI is InChI=1S/C11H16O5/c12-6-7-8(13)9-10(14-7)16-11(15-9)4-2-1-3-5-11/h6-10,13H,1-5H2/t7-,8+,9-,10-/m1/s1. The molecule has 5 nitrogen and oxygen atoms in total. The van der Waals surface area contributed by atoms with Crippen molar-refractivity contribution in [3.63, 3.8) is 0 Å². The second-order valence-corrected chi connectivity index (χ2v) is 4.77. The van der Waals surface area contributed by atoms with E-state index in [1.54, 1.807) is 0 Å². The van der Waals surface area contributed by atoms with Gasteiger partial charge in [-0.2, -0.15) is 0 Å². The van der Waals surface area contributed by atoms with Crippen molar-refractivity contribution in [2.24, 2.45) is 0 Å². The Balaban J connectivity index is 1.73. The Morgan fingerprint density at radius 2 is 1.94 bits per heavy atom. The van der Waals surface area contributed by atoms with Crippen molar-refractivity contribution in [1.29, 1.82) is 0 Å². The smallest absolute Gasteiger partial charge is 0.190 e. The summed E-state index contributed by atoms with van der Waals surface area (Å²) < 4.78 is 16.9. The molecule has 0 bridgehead atoms.